The summed E-state index contributed by atoms with van der Waals surface area (Å²) in [6, 6.07) is 5.29. The molecule has 4 nitrogen and oxygen atoms in total. The Morgan fingerprint density at radius 3 is 2.68 bits per heavy atom. The summed E-state index contributed by atoms with van der Waals surface area (Å²) in [6.45, 7) is 6.39. The molecule has 0 aromatic heterocycles. The Hall–Kier alpha value is -1.26. The van der Waals surface area contributed by atoms with Gasteiger partial charge in [0.25, 0.3) is 0 Å². The van der Waals surface area contributed by atoms with E-state index in [1.165, 1.54) is 0 Å². The van der Waals surface area contributed by atoms with Crippen molar-refractivity contribution in [3.05, 3.63) is 23.2 Å². The minimum absolute atomic E-state index is 0.0380. The SMILES string of the molecule is CCC(=O)Nc1ccc(Cl)c(NCC(C)(C)CO)c1. The van der Waals surface area contributed by atoms with E-state index < -0.39 is 0 Å². The monoisotopic (exact) mass is 284 g/mol. The predicted molar refractivity (Wildman–Crippen MR) is 79.7 cm³/mol. The molecule has 0 saturated carbocycles. The summed E-state index contributed by atoms with van der Waals surface area (Å²) < 4.78 is 0. The van der Waals surface area contributed by atoms with E-state index in [1.807, 2.05) is 13.8 Å². The Balaban J connectivity index is 2.77. The summed E-state index contributed by atoms with van der Waals surface area (Å²) in [5.74, 6) is -0.0380. The quantitative estimate of drug-likeness (QED) is 0.752. The molecule has 0 heterocycles. The maximum Gasteiger partial charge on any atom is 0.224 e. The molecule has 0 unspecified atom stereocenters. The van der Waals surface area contributed by atoms with Gasteiger partial charge in [-0.05, 0) is 18.2 Å². The molecule has 0 aliphatic rings. The number of aliphatic hydroxyl groups excluding tert-OH is 1. The number of rotatable bonds is 6. The summed E-state index contributed by atoms with van der Waals surface area (Å²) in [6.07, 6.45) is 0.433. The molecular weight excluding hydrogens is 264 g/mol. The third-order valence-corrected chi connectivity index (χ3v) is 3.09. The van der Waals surface area contributed by atoms with E-state index in [9.17, 15) is 9.90 Å². The van der Waals surface area contributed by atoms with Crippen LogP contribution in [0.3, 0.4) is 0 Å². The molecule has 0 bridgehead atoms. The first-order valence-electron chi connectivity index (χ1n) is 6.32. The summed E-state index contributed by atoms with van der Waals surface area (Å²) in [5.41, 5.74) is 1.23. The van der Waals surface area contributed by atoms with Crippen molar-refractivity contribution in [1.82, 2.24) is 0 Å². The minimum atomic E-state index is -0.230. The zero-order valence-corrected chi connectivity index (χ0v) is 12.3. The molecule has 1 amide bonds. The molecule has 1 rings (SSSR count). The smallest absolute Gasteiger partial charge is 0.224 e. The maximum absolute atomic E-state index is 11.3. The van der Waals surface area contributed by atoms with Gasteiger partial charge in [0.2, 0.25) is 5.91 Å². The van der Waals surface area contributed by atoms with Gasteiger partial charge in [0.1, 0.15) is 0 Å². The Morgan fingerprint density at radius 1 is 1.42 bits per heavy atom. The number of amides is 1. The Morgan fingerprint density at radius 2 is 2.11 bits per heavy atom. The van der Waals surface area contributed by atoms with Crippen molar-refractivity contribution in [3.8, 4) is 0 Å². The van der Waals surface area contributed by atoms with Crippen molar-refractivity contribution in [3.63, 3.8) is 0 Å². The van der Waals surface area contributed by atoms with Crippen LogP contribution < -0.4 is 10.6 Å². The van der Waals surface area contributed by atoms with Gasteiger partial charge < -0.3 is 15.7 Å². The second-order valence-electron chi connectivity index (χ2n) is 5.27. The van der Waals surface area contributed by atoms with Gasteiger partial charge in [0, 0.05) is 30.7 Å². The van der Waals surface area contributed by atoms with E-state index >= 15 is 0 Å². The highest BCUT2D eigenvalue weighted by atomic mass is 35.5. The Bertz CT molecular complexity index is 447. The molecule has 106 valence electrons. The molecule has 19 heavy (non-hydrogen) atoms. The van der Waals surface area contributed by atoms with E-state index in [0.717, 1.165) is 5.69 Å². The zero-order chi connectivity index (χ0) is 14.5. The maximum atomic E-state index is 11.3. The van der Waals surface area contributed by atoms with E-state index in [2.05, 4.69) is 10.6 Å². The summed E-state index contributed by atoms with van der Waals surface area (Å²) >= 11 is 6.10. The molecule has 0 aliphatic heterocycles. The van der Waals surface area contributed by atoms with Crippen LogP contribution in [0.5, 0.6) is 0 Å². The van der Waals surface area contributed by atoms with Crippen LogP contribution in [0, 0.1) is 5.41 Å². The minimum Gasteiger partial charge on any atom is -0.396 e. The second-order valence-corrected chi connectivity index (χ2v) is 5.68. The molecule has 0 atom stereocenters. The number of hydrogen-bond donors (Lipinski definition) is 3. The van der Waals surface area contributed by atoms with Crippen molar-refractivity contribution in [2.45, 2.75) is 27.2 Å². The average molecular weight is 285 g/mol. The molecule has 0 radical (unpaired) electrons. The van der Waals surface area contributed by atoms with Crippen molar-refractivity contribution >= 4 is 28.9 Å². The predicted octanol–water partition coefficient (Wildman–Crippen LogP) is 3.12. The number of aliphatic hydroxyl groups is 1. The average Bonchev–Trinajstić information content (AvgIpc) is 2.39. The van der Waals surface area contributed by atoms with Gasteiger partial charge in [-0.2, -0.15) is 0 Å². The summed E-state index contributed by atoms with van der Waals surface area (Å²) in [7, 11) is 0. The largest absolute Gasteiger partial charge is 0.396 e. The molecule has 0 aliphatic carbocycles. The van der Waals surface area contributed by atoms with E-state index in [4.69, 9.17) is 11.6 Å². The molecule has 1 aromatic rings. The molecule has 0 saturated heterocycles. The number of halogens is 1. The summed E-state index contributed by atoms with van der Waals surface area (Å²) in [4.78, 5) is 11.3. The van der Waals surface area contributed by atoms with Gasteiger partial charge in [-0.3, -0.25) is 4.79 Å². The molecule has 0 fully saturated rings. The van der Waals surface area contributed by atoms with Gasteiger partial charge >= 0.3 is 0 Å². The Labute approximate surface area is 119 Å². The van der Waals surface area contributed by atoms with E-state index in [-0.39, 0.29) is 17.9 Å². The molecule has 1 aromatic carbocycles. The topological polar surface area (TPSA) is 61.4 Å². The van der Waals surface area contributed by atoms with Crippen LogP contribution in [0.2, 0.25) is 5.02 Å². The molecule has 3 N–H and O–H groups in total. The fourth-order valence-corrected chi connectivity index (χ4v) is 1.56. The van der Waals surface area contributed by atoms with Crippen molar-refractivity contribution < 1.29 is 9.90 Å². The van der Waals surface area contributed by atoms with Crippen LogP contribution in [0.1, 0.15) is 27.2 Å². The third kappa shape index (κ3) is 5.09. The first kappa shape index (κ1) is 15.8. The van der Waals surface area contributed by atoms with Gasteiger partial charge in [-0.1, -0.05) is 32.4 Å². The number of carbonyl (C=O) groups excluding carboxylic acids is 1. The first-order chi connectivity index (χ1) is 8.88. The lowest BCUT2D eigenvalue weighted by atomic mass is 9.95. The van der Waals surface area contributed by atoms with Crippen molar-refractivity contribution in [2.75, 3.05) is 23.8 Å². The fourth-order valence-electron chi connectivity index (χ4n) is 1.38. The Kier molecular flexibility index (Phi) is 5.63. The lowest BCUT2D eigenvalue weighted by Crippen LogP contribution is -2.26. The van der Waals surface area contributed by atoms with Crippen molar-refractivity contribution in [2.24, 2.45) is 5.41 Å². The van der Waals surface area contributed by atoms with Gasteiger partial charge in [0.15, 0.2) is 0 Å². The van der Waals surface area contributed by atoms with Crippen LogP contribution in [-0.4, -0.2) is 24.2 Å². The highest BCUT2D eigenvalue weighted by Gasteiger charge is 2.16. The molecular formula is C14H21ClN2O2. The second kappa shape index (κ2) is 6.78. The summed E-state index contributed by atoms with van der Waals surface area (Å²) in [5, 5.41) is 15.8. The lowest BCUT2D eigenvalue weighted by Gasteiger charge is -2.23. The standard InChI is InChI=1S/C14H21ClN2O2/c1-4-13(19)17-10-5-6-11(15)12(7-10)16-8-14(2,3)9-18/h5-7,16,18H,4,8-9H2,1-3H3,(H,17,19). The van der Waals surface area contributed by atoms with Crippen LogP contribution in [0.25, 0.3) is 0 Å². The van der Waals surface area contributed by atoms with Crippen molar-refractivity contribution in [1.29, 1.82) is 0 Å². The number of benzene rings is 1. The number of carbonyl (C=O) groups is 1. The van der Waals surface area contributed by atoms with E-state index in [0.29, 0.717) is 23.7 Å². The van der Waals surface area contributed by atoms with Gasteiger partial charge in [-0.15, -0.1) is 0 Å². The molecule has 5 heteroatoms. The number of anilines is 2. The first-order valence-corrected chi connectivity index (χ1v) is 6.70. The van der Waals surface area contributed by atoms with Crippen LogP contribution in [-0.2, 0) is 4.79 Å². The number of hydrogen-bond acceptors (Lipinski definition) is 3. The number of nitrogens with one attached hydrogen (secondary N) is 2. The lowest BCUT2D eigenvalue weighted by molar-refractivity contribution is -0.115. The highest BCUT2D eigenvalue weighted by molar-refractivity contribution is 6.33. The van der Waals surface area contributed by atoms with Gasteiger partial charge in [-0.25, -0.2) is 0 Å². The molecule has 0 spiro atoms. The van der Waals surface area contributed by atoms with Crippen LogP contribution in [0.4, 0.5) is 11.4 Å². The van der Waals surface area contributed by atoms with E-state index in [1.54, 1.807) is 25.1 Å². The van der Waals surface area contributed by atoms with Crippen LogP contribution in [0.15, 0.2) is 18.2 Å². The zero-order valence-electron chi connectivity index (χ0n) is 11.6. The fraction of sp³-hybridized carbons (Fsp3) is 0.500. The normalized spacial score (nSPS) is 11.2. The third-order valence-electron chi connectivity index (χ3n) is 2.76. The van der Waals surface area contributed by atoms with Crippen LogP contribution >= 0.6 is 11.6 Å². The highest BCUT2D eigenvalue weighted by Crippen LogP contribution is 2.27. The van der Waals surface area contributed by atoms with Gasteiger partial charge in [0.05, 0.1) is 10.7 Å².